The van der Waals surface area contributed by atoms with E-state index in [4.69, 9.17) is 10.00 Å². The Morgan fingerprint density at radius 2 is 1.71 bits per heavy atom. The largest absolute Gasteiger partial charge is 0.417 e. The van der Waals surface area contributed by atoms with Gasteiger partial charge in [-0.15, -0.1) is 0 Å². The van der Waals surface area contributed by atoms with E-state index in [1.807, 2.05) is 0 Å². The van der Waals surface area contributed by atoms with Crippen molar-refractivity contribution in [3.8, 4) is 6.07 Å². The number of nitriles is 1. The van der Waals surface area contributed by atoms with E-state index >= 15 is 0 Å². The number of carbonyl (C=O) groups is 2. The molecule has 0 aromatic heterocycles. The quantitative estimate of drug-likeness (QED) is 0.738. The maximum atomic E-state index is 13.1. The molecular formula is C16H11F3N2O3. The van der Waals surface area contributed by atoms with Gasteiger partial charge in [-0.05, 0) is 31.0 Å². The third-order valence-electron chi connectivity index (χ3n) is 4.97. The second-order valence-corrected chi connectivity index (χ2v) is 6.19. The zero-order valence-electron chi connectivity index (χ0n) is 12.2. The van der Waals surface area contributed by atoms with E-state index in [9.17, 15) is 22.8 Å². The van der Waals surface area contributed by atoms with Gasteiger partial charge >= 0.3 is 6.18 Å². The van der Waals surface area contributed by atoms with Crippen LogP contribution in [0.5, 0.6) is 0 Å². The van der Waals surface area contributed by atoms with Crippen LogP contribution in [0.25, 0.3) is 0 Å². The molecule has 1 aromatic carbocycles. The fourth-order valence-corrected chi connectivity index (χ4v) is 3.97. The lowest BCUT2D eigenvalue weighted by Gasteiger charge is -2.19. The van der Waals surface area contributed by atoms with Gasteiger partial charge in [-0.25, -0.2) is 4.90 Å². The lowest BCUT2D eigenvalue weighted by atomic mass is 9.81. The fourth-order valence-electron chi connectivity index (χ4n) is 3.97. The van der Waals surface area contributed by atoms with Crippen LogP contribution in [0, 0.1) is 23.2 Å². The molecule has 0 aliphatic carbocycles. The maximum Gasteiger partial charge on any atom is 0.417 e. The van der Waals surface area contributed by atoms with E-state index in [-0.39, 0.29) is 17.9 Å². The normalized spacial score (nSPS) is 31.5. The van der Waals surface area contributed by atoms with Gasteiger partial charge in [0.25, 0.3) is 0 Å². The predicted molar refractivity (Wildman–Crippen MR) is 73.5 cm³/mol. The van der Waals surface area contributed by atoms with Gasteiger partial charge in [0.15, 0.2) is 0 Å². The molecule has 0 spiro atoms. The lowest BCUT2D eigenvalue weighted by molar-refractivity contribution is -0.138. The third kappa shape index (κ3) is 1.91. The highest BCUT2D eigenvalue weighted by Gasteiger charge is 2.62. The van der Waals surface area contributed by atoms with Crippen molar-refractivity contribution in [1.29, 1.82) is 5.26 Å². The van der Waals surface area contributed by atoms with Crippen molar-refractivity contribution in [2.45, 2.75) is 31.2 Å². The molecule has 1 aromatic rings. The highest BCUT2D eigenvalue weighted by Crippen LogP contribution is 2.49. The number of hydrogen-bond acceptors (Lipinski definition) is 4. The highest BCUT2D eigenvalue weighted by molar-refractivity contribution is 6.22. The highest BCUT2D eigenvalue weighted by atomic mass is 19.4. The Bertz CT molecular complexity index is 771. The van der Waals surface area contributed by atoms with Crippen molar-refractivity contribution in [2.75, 3.05) is 4.90 Å². The average Bonchev–Trinajstić information content (AvgIpc) is 3.20. The molecule has 2 bridgehead atoms. The molecule has 3 aliphatic heterocycles. The molecule has 24 heavy (non-hydrogen) atoms. The van der Waals surface area contributed by atoms with Crippen LogP contribution >= 0.6 is 0 Å². The average molecular weight is 336 g/mol. The molecule has 4 atom stereocenters. The summed E-state index contributed by atoms with van der Waals surface area (Å²) in [7, 11) is 0. The minimum atomic E-state index is -4.75. The number of fused-ring (bicyclic) bond motifs is 5. The molecule has 3 aliphatic rings. The van der Waals surface area contributed by atoms with Crippen LogP contribution in [-0.4, -0.2) is 24.0 Å². The van der Waals surface area contributed by atoms with Gasteiger partial charge < -0.3 is 4.74 Å². The number of ether oxygens (including phenoxy) is 1. The number of hydrogen-bond donors (Lipinski definition) is 0. The summed E-state index contributed by atoms with van der Waals surface area (Å²) in [6, 6.07) is 4.36. The first-order chi connectivity index (χ1) is 11.3. The van der Waals surface area contributed by atoms with Gasteiger partial charge in [0.2, 0.25) is 11.8 Å². The van der Waals surface area contributed by atoms with Crippen LogP contribution in [0.3, 0.4) is 0 Å². The zero-order chi connectivity index (χ0) is 17.2. The maximum absolute atomic E-state index is 13.1. The van der Waals surface area contributed by atoms with Crippen LogP contribution in [-0.2, 0) is 20.5 Å². The number of imide groups is 1. The van der Waals surface area contributed by atoms with E-state index in [1.54, 1.807) is 0 Å². The number of benzene rings is 1. The predicted octanol–water partition coefficient (Wildman–Crippen LogP) is 2.24. The Morgan fingerprint density at radius 1 is 1.12 bits per heavy atom. The summed E-state index contributed by atoms with van der Waals surface area (Å²) >= 11 is 0. The summed E-state index contributed by atoms with van der Waals surface area (Å²) in [5, 5.41) is 8.84. The van der Waals surface area contributed by atoms with E-state index in [2.05, 4.69) is 0 Å². The van der Waals surface area contributed by atoms with Crippen LogP contribution < -0.4 is 4.90 Å². The number of alkyl halides is 3. The zero-order valence-corrected chi connectivity index (χ0v) is 12.2. The van der Waals surface area contributed by atoms with Gasteiger partial charge in [-0.2, -0.15) is 18.4 Å². The molecule has 0 saturated carbocycles. The van der Waals surface area contributed by atoms with Gasteiger partial charge in [-0.1, -0.05) is 0 Å². The van der Waals surface area contributed by atoms with Crippen molar-refractivity contribution in [1.82, 2.24) is 0 Å². The lowest BCUT2D eigenvalue weighted by Crippen LogP contribution is -2.34. The van der Waals surface area contributed by atoms with Crippen molar-refractivity contribution in [3.63, 3.8) is 0 Å². The molecule has 3 heterocycles. The van der Waals surface area contributed by atoms with Gasteiger partial charge in [0, 0.05) is 0 Å². The Kier molecular flexibility index (Phi) is 3.03. The first kappa shape index (κ1) is 15.1. The second kappa shape index (κ2) is 4.80. The second-order valence-electron chi connectivity index (χ2n) is 6.19. The number of carbonyl (C=O) groups excluding carboxylic acids is 2. The molecule has 0 radical (unpaired) electrons. The van der Waals surface area contributed by atoms with Crippen LogP contribution in [0.15, 0.2) is 18.2 Å². The third-order valence-corrected chi connectivity index (χ3v) is 4.97. The number of nitrogens with zero attached hydrogens (tertiary/aromatic N) is 2. The van der Waals surface area contributed by atoms with Gasteiger partial charge in [0.05, 0.1) is 46.9 Å². The standard InChI is InChI=1S/C16H11F3N2O3/c17-16(18,19)9-5-8(2-1-7(9)6-20)21-14(22)12-10-3-4-11(24-10)13(12)15(21)23/h1-2,5,10-13H,3-4H2. The molecule has 4 rings (SSSR count). The van der Waals surface area contributed by atoms with Crippen LogP contribution in [0.1, 0.15) is 24.0 Å². The van der Waals surface area contributed by atoms with Crippen molar-refractivity contribution < 1.29 is 27.5 Å². The molecule has 4 unspecified atom stereocenters. The van der Waals surface area contributed by atoms with Gasteiger partial charge in [-0.3, -0.25) is 9.59 Å². The Balaban J connectivity index is 1.76. The molecule has 0 N–H and O–H groups in total. The first-order valence-electron chi connectivity index (χ1n) is 7.47. The van der Waals surface area contributed by atoms with E-state index in [0.717, 1.165) is 11.0 Å². The summed E-state index contributed by atoms with van der Waals surface area (Å²) in [4.78, 5) is 26.0. The van der Waals surface area contributed by atoms with E-state index in [1.165, 1.54) is 12.1 Å². The minimum absolute atomic E-state index is 0.148. The van der Waals surface area contributed by atoms with Crippen molar-refractivity contribution >= 4 is 17.5 Å². The summed E-state index contributed by atoms with van der Waals surface area (Å²) < 4.78 is 44.9. The molecule has 3 fully saturated rings. The number of rotatable bonds is 1. The number of amides is 2. The molecular weight excluding hydrogens is 325 g/mol. The first-order valence-corrected chi connectivity index (χ1v) is 7.47. The topological polar surface area (TPSA) is 70.4 Å². The van der Waals surface area contributed by atoms with Crippen molar-refractivity contribution in [2.24, 2.45) is 11.8 Å². The molecule has 124 valence electrons. The molecule has 2 amide bonds. The summed E-state index contributed by atoms with van der Waals surface area (Å²) in [5.41, 5.74) is -1.85. The fraction of sp³-hybridized carbons (Fsp3) is 0.438. The molecule has 5 nitrogen and oxygen atoms in total. The molecule has 8 heteroatoms. The Hall–Kier alpha value is -2.40. The van der Waals surface area contributed by atoms with Crippen molar-refractivity contribution in [3.05, 3.63) is 29.3 Å². The Labute approximate surface area is 134 Å². The Morgan fingerprint density at radius 3 is 2.21 bits per heavy atom. The van der Waals surface area contributed by atoms with Crippen LogP contribution in [0.2, 0.25) is 0 Å². The summed E-state index contributed by atoms with van der Waals surface area (Å²) in [6.45, 7) is 0. The van der Waals surface area contributed by atoms with Crippen LogP contribution in [0.4, 0.5) is 18.9 Å². The van der Waals surface area contributed by atoms with E-state index < -0.39 is 41.0 Å². The van der Waals surface area contributed by atoms with Gasteiger partial charge in [0.1, 0.15) is 0 Å². The van der Waals surface area contributed by atoms with E-state index in [0.29, 0.717) is 18.9 Å². The monoisotopic (exact) mass is 336 g/mol. The smallest absolute Gasteiger partial charge is 0.373 e. The minimum Gasteiger partial charge on any atom is -0.373 e. The number of anilines is 1. The summed E-state index contributed by atoms with van der Waals surface area (Å²) in [5.74, 6) is -2.26. The summed E-state index contributed by atoms with van der Waals surface area (Å²) in [6.07, 6.45) is -4.05. The SMILES string of the molecule is N#Cc1ccc(N2C(=O)C3C4CCC(O4)C3C2=O)cc1C(F)(F)F. The number of halogens is 3. The molecule has 3 saturated heterocycles.